The van der Waals surface area contributed by atoms with Crippen LogP contribution in [0.15, 0.2) is 65.2 Å². The van der Waals surface area contributed by atoms with E-state index in [2.05, 4.69) is 24.4 Å². The zero-order chi connectivity index (χ0) is 22.0. The standard InChI is InChI=1S/C24H21ClFN3OS/c1-15(2)23-9-17(14-31-23)24(30)28-27-11-18-13-29(22-6-4-3-5-20(18)22)12-16-7-8-19(26)10-21(16)25/h3-11,13-15H,12H2,1-2H3,(H,28,30). The Morgan fingerprint density at radius 3 is 2.81 bits per heavy atom. The number of carbonyl (C=O) groups is 1. The summed E-state index contributed by atoms with van der Waals surface area (Å²) in [7, 11) is 0. The van der Waals surface area contributed by atoms with Gasteiger partial charge in [0.1, 0.15) is 5.82 Å². The van der Waals surface area contributed by atoms with Crippen molar-refractivity contribution >= 4 is 46.0 Å². The SMILES string of the molecule is CC(C)c1cc(C(=O)NN=Cc2cn(Cc3ccc(F)cc3Cl)c3ccccc23)cs1. The molecule has 0 atom stereocenters. The first-order chi connectivity index (χ1) is 14.9. The highest BCUT2D eigenvalue weighted by Gasteiger charge is 2.11. The highest BCUT2D eigenvalue weighted by atomic mass is 35.5. The van der Waals surface area contributed by atoms with Gasteiger partial charge in [0, 0.05) is 44.5 Å². The number of para-hydroxylation sites is 1. The summed E-state index contributed by atoms with van der Waals surface area (Å²) in [5.41, 5.74) is 5.89. The molecule has 0 saturated heterocycles. The summed E-state index contributed by atoms with van der Waals surface area (Å²) in [6, 6.07) is 14.2. The van der Waals surface area contributed by atoms with Gasteiger partial charge in [0.2, 0.25) is 0 Å². The van der Waals surface area contributed by atoms with Crippen molar-refractivity contribution in [1.82, 2.24) is 9.99 Å². The van der Waals surface area contributed by atoms with Gasteiger partial charge >= 0.3 is 0 Å². The summed E-state index contributed by atoms with van der Waals surface area (Å²) in [4.78, 5) is 13.5. The van der Waals surface area contributed by atoms with E-state index < -0.39 is 0 Å². The molecule has 7 heteroatoms. The number of rotatable bonds is 6. The molecule has 2 aromatic carbocycles. The van der Waals surface area contributed by atoms with E-state index in [0.29, 0.717) is 23.0 Å². The predicted molar refractivity (Wildman–Crippen MR) is 126 cm³/mol. The van der Waals surface area contributed by atoms with E-state index in [-0.39, 0.29) is 11.7 Å². The largest absolute Gasteiger partial charge is 0.342 e. The Balaban J connectivity index is 1.55. The first-order valence-corrected chi connectivity index (χ1v) is 11.1. The van der Waals surface area contributed by atoms with Gasteiger partial charge in [0.15, 0.2) is 0 Å². The second-order valence-corrected chi connectivity index (χ2v) is 8.91. The van der Waals surface area contributed by atoms with Crippen molar-refractivity contribution in [3.05, 3.63) is 92.5 Å². The van der Waals surface area contributed by atoms with E-state index >= 15 is 0 Å². The predicted octanol–water partition coefficient (Wildman–Crippen LogP) is 6.43. The lowest BCUT2D eigenvalue weighted by Gasteiger charge is -2.07. The maximum absolute atomic E-state index is 13.4. The average Bonchev–Trinajstić information content (AvgIpc) is 3.36. The fraction of sp³-hybridized carbons (Fsp3) is 0.167. The minimum atomic E-state index is -0.360. The Morgan fingerprint density at radius 2 is 2.06 bits per heavy atom. The molecule has 1 amide bonds. The summed E-state index contributed by atoms with van der Waals surface area (Å²) in [6.45, 7) is 4.69. The number of amides is 1. The van der Waals surface area contributed by atoms with Crippen LogP contribution in [0.25, 0.3) is 10.9 Å². The number of nitrogens with zero attached hydrogens (tertiary/aromatic N) is 2. The van der Waals surface area contributed by atoms with Crippen molar-refractivity contribution in [3.8, 4) is 0 Å². The van der Waals surface area contributed by atoms with Crippen LogP contribution >= 0.6 is 22.9 Å². The third-order valence-corrected chi connectivity index (χ3v) is 6.58. The van der Waals surface area contributed by atoms with Crippen molar-refractivity contribution in [2.24, 2.45) is 5.10 Å². The van der Waals surface area contributed by atoms with Crippen molar-refractivity contribution in [2.75, 3.05) is 0 Å². The third kappa shape index (κ3) is 4.70. The van der Waals surface area contributed by atoms with E-state index in [0.717, 1.165) is 26.9 Å². The summed E-state index contributed by atoms with van der Waals surface area (Å²) >= 11 is 7.78. The number of fused-ring (bicyclic) bond motifs is 1. The monoisotopic (exact) mass is 453 g/mol. The zero-order valence-electron chi connectivity index (χ0n) is 17.1. The van der Waals surface area contributed by atoms with E-state index in [1.807, 2.05) is 46.5 Å². The Kier molecular flexibility index (Phi) is 6.20. The number of nitrogens with one attached hydrogen (secondary N) is 1. The van der Waals surface area contributed by atoms with Crippen molar-refractivity contribution in [2.45, 2.75) is 26.3 Å². The van der Waals surface area contributed by atoms with Crippen LogP contribution in [0.3, 0.4) is 0 Å². The van der Waals surface area contributed by atoms with Crippen molar-refractivity contribution < 1.29 is 9.18 Å². The number of carbonyl (C=O) groups excluding carboxylic acids is 1. The van der Waals surface area contributed by atoms with Crippen LogP contribution in [-0.4, -0.2) is 16.7 Å². The molecule has 4 nitrogen and oxygen atoms in total. The second kappa shape index (κ2) is 9.04. The highest BCUT2D eigenvalue weighted by Crippen LogP contribution is 2.25. The molecular formula is C24H21ClFN3OS. The Labute approximate surface area is 189 Å². The maximum Gasteiger partial charge on any atom is 0.272 e. The Hall–Kier alpha value is -2.96. The van der Waals surface area contributed by atoms with Crippen LogP contribution < -0.4 is 5.43 Å². The lowest BCUT2D eigenvalue weighted by atomic mass is 10.1. The zero-order valence-corrected chi connectivity index (χ0v) is 18.7. The number of hydrazone groups is 1. The molecule has 0 fully saturated rings. The van der Waals surface area contributed by atoms with Crippen molar-refractivity contribution in [3.63, 3.8) is 0 Å². The molecule has 158 valence electrons. The van der Waals surface area contributed by atoms with E-state index in [1.54, 1.807) is 23.6 Å². The first-order valence-electron chi connectivity index (χ1n) is 9.86. The van der Waals surface area contributed by atoms with Gasteiger partial charge in [-0.3, -0.25) is 4.79 Å². The normalized spacial score (nSPS) is 11.6. The molecule has 4 rings (SSSR count). The van der Waals surface area contributed by atoms with Gasteiger partial charge in [0.25, 0.3) is 5.91 Å². The molecule has 4 aromatic rings. The van der Waals surface area contributed by atoms with Gasteiger partial charge in [-0.05, 0) is 35.7 Å². The van der Waals surface area contributed by atoms with Gasteiger partial charge in [-0.15, -0.1) is 11.3 Å². The molecule has 0 bridgehead atoms. The quantitative estimate of drug-likeness (QED) is 0.265. The maximum atomic E-state index is 13.4. The van der Waals surface area contributed by atoms with Crippen LogP contribution in [0.4, 0.5) is 4.39 Å². The van der Waals surface area contributed by atoms with Gasteiger partial charge < -0.3 is 4.57 Å². The van der Waals surface area contributed by atoms with Gasteiger partial charge in [0.05, 0.1) is 11.8 Å². The number of halogens is 2. The van der Waals surface area contributed by atoms with Crippen LogP contribution in [0.5, 0.6) is 0 Å². The average molecular weight is 454 g/mol. The van der Waals surface area contributed by atoms with Gasteiger partial charge in [-0.25, -0.2) is 9.82 Å². The molecule has 0 saturated carbocycles. The minimum Gasteiger partial charge on any atom is -0.342 e. The van der Waals surface area contributed by atoms with E-state index in [1.165, 1.54) is 12.1 Å². The van der Waals surface area contributed by atoms with Crippen LogP contribution in [-0.2, 0) is 6.54 Å². The van der Waals surface area contributed by atoms with E-state index in [4.69, 9.17) is 11.6 Å². The third-order valence-electron chi connectivity index (χ3n) is 5.00. The molecule has 0 spiro atoms. The molecule has 31 heavy (non-hydrogen) atoms. The van der Waals surface area contributed by atoms with Crippen LogP contribution in [0.2, 0.25) is 5.02 Å². The van der Waals surface area contributed by atoms with Gasteiger partial charge in [-0.2, -0.15) is 5.10 Å². The lowest BCUT2D eigenvalue weighted by Crippen LogP contribution is -2.16. The minimum absolute atomic E-state index is 0.235. The number of hydrogen-bond donors (Lipinski definition) is 1. The fourth-order valence-electron chi connectivity index (χ4n) is 3.34. The van der Waals surface area contributed by atoms with Crippen LogP contribution in [0.1, 0.15) is 46.1 Å². The summed E-state index contributed by atoms with van der Waals surface area (Å²) in [5, 5.41) is 7.39. The summed E-state index contributed by atoms with van der Waals surface area (Å²) in [6.07, 6.45) is 3.58. The lowest BCUT2D eigenvalue weighted by molar-refractivity contribution is 0.0955. The molecule has 1 N–H and O–H groups in total. The van der Waals surface area contributed by atoms with E-state index in [9.17, 15) is 9.18 Å². The number of aromatic nitrogens is 1. The molecule has 0 unspecified atom stereocenters. The van der Waals surface area contributed by atoms with Crippen molar-refractivity contribution in [1.29, 1.82) is 0 Å². The fourth-order valence-corrected chi connectivity index (χ4v) is 4.47. The number of hydrogen-bond acceptors (Lipinski definition) is 3. The molecule has 0 radical (unpaired) electrons. The van der Waals surface area contributed by atoms with Crippen LogP contribution in [0, 0.1) is 5.82 Å². The first kappa shape index (κ1) is 21.3. The molecule has 0 aliphatic rings. The number of thiophene rings is 1. The smallest absolute Gasteiger partial charge is 0.272 e. The highest BCUT2D eigenvalue weighted by molar-refractivity contribution is 7.10. The Bertz CT molecular complexity index is 1280. The molecule has 2 aromatic heterocycles. The summed E-state index contributed by atoms with van der Waals surface area (Å²) in [5.74, 6) is -0.210. The molecule has 0 aliphatic heterocycles. The topological polar surface area (TPSA) is 46.4 Å². The molecule has 2 heterocycles. The second-order valence-electron chi connectivity index (χ2n) is 7.56. The Morgan fingerprint density at radius 1 is 1.26 bits per heavy atom. The molecular weight excluding hydrogens is 433 g/mol. The summed E-state index contributed by atoms with van der Waals surface area (Å²) < 4.78 is 15.4. The number of benzene rings is 2. The molecule has 0 aliphatic carbocycles. The van der Waals surface area contributed by atoms with Gasteiger partial charge in [-0.1, -0.05) is 49.7 Å².